The first-order valence-electron chi connectivity index (χ1n) is 9.77. The van der Waals surface area contributed by atoms with Gasteiger partial charge in [-0.15, -0.1) is 0 Å². The summed E-state index contributed by atoms with van der Waals surface area (Å²) in [5, 5.41) is 5.16. The van der Waals surface area contributed by atoms with E-state index in [9.17, 15) is 0 Å². The molecule has 4 aromatic rings. The van der Waals surface area contributed by atoms with E-state index in [-0.39, 0.29) is 0 Å². The molecular formula is C25H21ClN4O. The van der Waals surface area contributed by atoms with Gasteiger partial charge in [-0.05, 0) is 55.0 Å². The normalized spacial score (nSPS) is 11.3. The summed E-state index contributed by atoms with van der Waals surface area (Å²) in [5.41, 5.74) is 8.33. The lowest BCUT2D eigenvalue weighted by Crippen LogP contribution is -2.04. The molecule has 0 radical (unpaired) electrons. The van der Waals surface area contributed by atoms with Crippen molar-refractivity contribution in [2.24, 2.45) is 5.10 Å². The maximum absolute atomic E-state index is 6.05. The van der Waals surface area contributed by atoms with Crippen LogP contribution in [0.15, 0.2) is 90.0 Å². The van der Waals surface area contributed by atoms with E-state index < -0.39 is 0 Å². The van der Waals surface area contributed by atoms with Crippen molar-refractivity contribution >= 4 is 23.3 Å². The van der Waals surface area contributed by atoms with E-state index in [1.807, 2.05) is 91.9 Å². The lowest BCUT2D eigenvalue weighted by Gasteiger charge is -2.09. The molecule has 154 valence electrons. The second-order valence-electron chi connectivity index (χ2n) is 6.87. The molecular weight excluding hydrogens is 408 g/mol. The molecule has 0 saturated carbocycles. The van der Waals surface area contributed by atoms with Crippen LogP contribution in [0.5, 0.6) is 5.75 Å². The van der Waals surface area contributed by atoms with Crippen LogP contribution in [0.25, 0.3) is 22.5 Å². The molecule has 1 aromatic heterocycles. The van der Waals surface area contributed by atoms with Gasteiger partial charge in [-0.2, -0.15) is 5.10 Å². The fraction of sp³-hybridized carbons (Fsp3) is 0.0800. The van der Waals surface area contributed by atoms with E-state index in [0.717, 1.165) is 39.5 Å². The number of anilines is 1. The van der Waals surface area contributed by atoms with Crippen LogP contribution >= 0.6 is 11.6 Å². The summed E-state index contributed by atoms with van der Waals surface area (Å²) in [4.78, 5) is 9.32. The van der Waals surface area contributed by atoms with Crippen LogP contribution < -0.4 is 10.2 Å². The zero-order chi connectivity index (χ0) is 21.6. The van der Waals surface area contributed by atoms with Crippen molar-refractivity contribution in [1.82, 2.24) is 9.97 Å². The van der Waals surface area contributed by atoms with E-state index in [0.29, 0.717) is 11.0 Å². The monoisotopic (exact) mass is 428 g/mol. The number of benzene rings is 3. The third-order valence-electron chi connectivity index (χ3n) is 4.77. The smallest absolute Gasteiger partial charge is 0.244 e. The quantitative estimate of drug-likeness (QED) is 0.289. The maximum atomic E-state index is 6.05. The molecule has 0 aliphatic heterocycles. The van der Waals surface area contributed by atoms with Crippen molar-refractivity contribution in [1.29, 1.82) is 0 Å². The minimum Gasteiger partial charge on any atom is -0.497 e. The fourth-order valence-corrected chi connectivity index (χ4v) is 3.18. The molecule has 0 amide bonds. The molecule has 4 rings (SSSR count). The summed E-state index contributed by atoms with van der Waals surface area (Å²) in [6.07, 6.45) is 0. The Balaban J connectivity index is 1.68. The molecule has 5 nitrogen and oxygen atoms in total. The second kappa shape index (κ2) is 9.41. The van der Waals surface area contributed by atoms with Crippen LogP contribution in [0.2, 0.25) is 5.02 Å². The van der Waals surface area contributed by atoms with Gasteiger partial charge < -0.3 is 4.74 Å². The van der Waals surface area contributed by atoms with E-state index in [1.165, 1.54) is 0 Å². The van der Waals surface area contributed by atoms with Gasteiger partial charge in [-0.25, -0.2) is 15.4 Å². The first kappa shape index (κ1) is 20.6. The Morgan fingerprint density at radius 3 is 2.06 bits per heavy atom. The van der Waals surface area contributed by atoms with Crippen molar-refractivity contribution < 1.29 is 4.74 Å². The van der Waals surface area contributed by atoms with Gasteiger partial charge in [0.25, 0.3) is 0 Å². The molecule has 1 heterocycles. The van der Waals surface area contributed by atoms with Crippen LogP contribution in [0.3, 0.4) is 0 Å². The Kier molecular flexibility index (Phi) is 6.24. The van der Waals surface area contributed by atoms with Crippen molar-refractivity contribution in [2.75, 3.05) is 12.5 Å². The largest absolute Gasteiger partial charge is 0.497 e. The van der Waals surface area contributed by atoms with Crippen LogP contribution in [0.1, 0.15) is 12.5 Å². The molecule has 0 bridgehead atoms. The molecule has 0 fully saturated rings. The van der Waals surface area contributed by atoms with Gasteiger partial charge in [0.1, 0.15) is 5.75 Å². The number of hydrogen-bond donors (Lipinski definition) is 1. The number of aromatic nitrogens is 2. The molecule has 31 heavy (non-hydrogen) atoms. The lowest BCUT2D eigenvalue weighted by molar-refractivity contribution is 0.415. The van der Waals surface area contributed by atoms with Crippen molar-refractivity contribution in [2.45, 2.75) is 6.92 Å². The van der Waals surface area contributed by atoms with E-state index >= 15 is 0 Å². The van der Waals surface area contributed by atoms with Crippen LogP contribution in [-0.4, -0.2) is 22.8 Å². The summed E-state index contributed by atoms with van der Waals surface area (Å²) in [5.74, 6) is 1.22. The number of rotatable bonds is 6. The Hall–Kier alpha value is -3.70. The predicted octanol–water partition coefficient (Wildman–Crippen LogP) is 6.31. The number of nitrogens with zero attached hydrogens (tertiary/aromatic N) is 3. The molecule has 3 aromatic carbocycles. The highest BCUT2D eigenvalue weighted by molar-refractivity contribution is 6.30. The van der Waals surface area contributed by atoms with Gasteiger partial charge in [0.15, 0.2) is 0 Å². The predicted molar refractivity (Wildman–Crippen MR) is 127 cm³/mol. The van der Waals surface area contributed by atoms with Crippen LogP contribution in [0, 0.1) is 0 Å². The minimum atomic E-state index is 0.416. The maximum Gasteiger partial charge on any atom is 0.244 e. The van der Waals surface area contributed by atoms with Crippen molar-refractivity contribution in [3.8, 4) is 28.3 Å². The van der Waals surface area contributed by atoms with Gasteiger partial charge >= 0.3 is 0 Å². The first-order valence-corrected chi connectivity index (χ1v) is 10.2. The van der Waals surface area contributed by atoms with E-state index in [2.05, 4.69) is 20.5 Å². The zero-order valence-corrected chi connectivity index (χ0v) is 18.0. The van der Waals surface area contributed by atoms with Gasteiger partial charge in [0.2, 0.25) is 5.95 Å². The average Bonchev–Trinajstić information content (AvgIpc) is 2.83. The highest BCUT2D eigenvalue weighted by Crippen LogP contribution is 2.26. The van der Waals surface area contributed by atoms with Crippen molar-refractivity contribution in [3.05, 3.63) is 95.5 Å². The van der Waals surface area contributed by atoms with E-state index in [4.69, 9.17) is 16.3 Å². The summed E-state index contributed by atoms with van der Waals surface area (Å²) in [7, 11) is 1.65. The number of methoxy groups -OCH3 is 1. The molecule has 6 heteroatoms. The standard InChI is InChI=1S/C25H21ClN4O/c1-17(18-10-14-22(31-2)15-11-18)29-30-25-27-23(19-6-4-3-5-7-19)16-24(28-25)20-8-12-21(26)13-9-20/h3-16H,1-2H3,(H,27,28,30)/b29-17+. The highest BCUT2D eigenvalue weighted by atomic mass is 35.5. The average molecular weight is 429 g/mol. The third kappa shape index (κ3) is 5.08. The minimum absolute atomic E-state index is 0.416. The summed E-state index contributed by atoms with van der Waals surface area (Å²) >= 11 is 6.05. The Bertz CT molecular complexity index is 1190. The molecule has 0 unspecified atom stereocenters. The Labute approximate surface area is 186 Å². The van der Waals surface area contributed by atoms with Gasteiger partial charge in [0.05, 0.1) is 24.2 Å². The summed E-state index contributed by atoms with van der Waals surface area (Å²) in [6, 6.07) is 27.2. The molecule has 0 aliphatic carbocycles. The van der Waals surface area contributed by atoms with Gasteiger partial charge in [0, 0.05) is 16.1 Å². The topological polar surface area (TPSA) is 59.4 Å². The van der Waals surface area contributed by atoms with Gasteiger partial charge in [-0.1, -0.05) is 54.1 Å². The Morgan fingerprint density at radius 1 is 0.839 bits per heavy atom. The Morgan fingerprint density at radius 2 is 1.45 bits per heavy atom. The van der Waals surface area contributed by atoms with Crippen LogP contribution in [0.4, 0.5) is 5.95 Å². The lowest BCUT2D eigenvalue weighted by atomic mass is 10.1. The molecule has 1 N–H and O–H groups in total. The number of nitrogens with one attached hydrogen (secondary N) is 1. The summed E-state index contributed by atoms with van der Waals surface area (Å²) in [6.45, 7) is 1.93. The number of hydrogen-bond acceptors (Lipinski definition) is 5. The fourth-order valence-electron chi connectivity index (χ4n) is 3.05. The third-order valence-corrected chi connectivity index (χ3v) is 5.02. The zero-order valence-electron chi connectivity index (χ0n) is 17.2. The highest BCUT2D eigenvalue weighted by Gasteiger charge is 2.09. The number of halogens is 1. The molecule has 0 atom stereocenters. The van der Waals surface area contributed by atoms with E-state index in [1.54, 1.807) is 7.11 Å². The number of hydrazone groups is 1. The first-order chi connectivity index (χ1) is 15.1. The molecule has 0 aliphatic rings. The van der Waals surface area contributed by atoms with Crippen molar-refractivity contribution in [3.63, 3.8) is 0 Å². The molecule has 0 spiro atoms. The van der Waals surface area contributed by atoms with Crippen LogP contribution in [-0.2, 0) is 0 Å². The second-order valence-corrected chi connectivity index (χ2v) is 7.31. The summed E-state index contributed by atoms with van der Waals surface area (Å²) < 4.78 is 5.21. The SMILES string of the molecule is COc1ccc(/C(C)=N/Nc2nc(-c3ccccc3)cc(-c3ccc(Cl)cc3)n2)cc1. The number of ether oxygens (including phenoxy) is 1. The molecule has 0 saturated heterocycles. The van der Waals surface area contributed by atoms with Gasteiger partial charge in [-0.3, -0.25) is 0 Å².